The summed E-state index contributed by atoms with van der Waals surface area (Å²) in [4.78, 5) is 22.6. The average Bonchev–Trinajstić information content (AvgIpc) is 3.23. The molecule has 13 heteroatoms. The van der Waals surface area contributed by atoms with E-state index >= 15 is 0 Å². The molecule has 2 heterocycles. The number of ether oxygens (including phenoxy) is 1. The van der Waals surface area contributed by atoms with Crippen LogP contribution in [0.15, 0.2) is 58.3 Å². The largest absolute Gasteiger partial charge is 0.358 e. The van der Waals surface area contributed by atoms with E-state index in [-0.39, 0.29) is 60.7 Å². The summed E-state index contributed by atoms with van der Waals surface area (Å²) in [7, 11) is -7.73. The van der Waals surface area contributed by atoms with Gasteiger partial charge < -0.3 is 15.4 Å². The average molecular weight is 537 g/mol. The summed E-state index contributed by atoms with van der Waals surface area (Å²) < 4.78 is 61.8. The summed E-state index contributed by atoms with van der Waals surface area (Å²) in [6.45, 7) is 3.27. The fourth-order valence-corrected chi connectivity index (χ4v) is 7.67. The lowest BCUT2D eigenvalue weighted by atomic mass is 10.0. The molecule has 2 N–H and O–H groups in total. The second kappa shape index (κ2) is 9.90. The Hall–Kier alpha value is -2.84. The van der Waals surface area contributed by atoms with Gasteiger partial charge in [-0.25, -0.2) is 16.8 Å². The van der Waals surface area contributed by atoms with E-state index in [2.05, 4.69) is 10.6 Å². The minimum Gasteiger partial charge on any atom is -0.358 e. The van der Waals surface area contributed by atoms with Gasteiger partial charge >= 0.3 is 0 Å². The molecule has 2 aliphatic heterocycles. The molecule has 2 aliphatic rings. The number of piperidine rings is 1. The fourth-order valence-electron chi connectivity index (χ4n) is 4.51. The van der Waals surface area contributed by atoms with Gasteiger partial charge in [0.1, 0.15) is 5.72 Å². The predicted molar refractivity (Wildman–Crippen MR) is 132 cm³/mol. The first-order valence-corrected chi connectivity index (χ1v) is 14.2. The third-order valence-corrected chi connectivity index (χ3v) is 10.1. The molecule has 1 spiro atoms. The fraction of sp³-hybridized carbons (Fsp3) is 0.391. The standard InChI is InChI=1S/C23H28N4O7S2/c1-17(28)24-19-3-7-21(8-4-19)35(30,31)26-13-11-23(12-14-26)27(15-16-34-23)36(32,33)22-9-5-20(6-10-22)25-18(2)29/h3-10H,11-16H2,1-2H3,(H,24,28)(H,25,29). The van der Waals surface area contributed by atoms with Gasteiger partial charge in [-0.15, -0.1) is 0 Å². The first kappa shape index (κ1) is 26.2. The monoisotopic (exact) mass is 536 g/mol. The number of nitrogens with one attached hydrogen (secondary N) is 2. The van der Waals surface area contributed by atoms with Crippen LogP contribution in [-0.2, 0) is 34.4 Å². The number of rotatable bonds is 6. The van der Waals surface area contributed by atoms with E-state index in [1.54, 1.807) is 0 Å². The minimum atomic E-state index is -3.92. The molecular weight excluding hydrogens is 508 g/mol. The first-order valence-electron chi connectivity index (χ1n) is 11.4. The number of amides is 2. The van der Waals surface area contributed by atoms with Crippen molar-refractivity contribution in [2.24, 2.45) is 0 Å². The normalized spacial score (nSPS) is 18.7. The van der Waals surface area contributed by atoms with Crippen molar-refractivity contribution >= 4 is 43.2 Å². The topological polar surface area (TPSA) is 142 Å². The van der Waals surface area contributed by atoms with E-state index in [4.69, 9.17) is 4.74 Å². The van der Waals surface area contributed by atoms with Crippen molar-refractivity contribution in [1.29, 1.82) is 0 Å². The number of nitrogens with zero attached hydrogens (tertiary/aromatic N) is 2. The smallest absolute Gasteiger partial charge is 0.245 e. The maximum atomic E-state index is 13.4. The van der Waals surface area contributed by atoms with E-state index < -0.39 is 25.8 Å². The molecule has 2 aromatic rings. The Morgan fingerprint density at radius 2 is 1.19 bits per heavy atom. The van der Waals surface area contributed by atoms with Gasteiger partial charge in [-0.05, 0) is 48.5 Å². The van der Waals surface area contributed by atoms with Crippen LogP contribution in [-0.4, -0.2) is 69.2 Å². The second-order valence-corrected chi connectivity index (χ2v) is 12.5. The van der Waals surface area contributed by atoms with E-state index in [1.807, 2.05) is 0 Å². The Balaban J connectivity index is 1.49. The molecule has 36 heavy (non-hydrogen) atoms. The number of benzene rings is 2. The minimum absolute atomic E-state index is 0.0655. The Kier molecular flexibility index (Phi) is 7.21. The van der Waals surface area contributed by atoms with Crippen LogP contribution in [0.25, 0.3) is 0 Å². The van der Waals surface area contributed by atoms with Crippen LogP contribution in [0.3, 0.4) is 0 Å². The third-order valence-electron chi connectivity index (χ3n) is 6.20. The molecule has 0 aliphatic carbocycles. The van der Waals surface area contributed by atoms with Crippen LogP contribution in [0.4, 0.5) is 11.4 Å². The van der Waals surface area contributed by atoms with Crippen LogP contribution < -0.4 is 10.6 Å². The summed E-state index contributed by atoms with van der Waals surface area (Å²) in [6, 6.07) is 11.8. The molecule has 2 saturated heterocycles. The van der Waals surface area contributed by atoms with Gasteiger partial charge in [0.15, 0.2) is 0 Å². The number of hydrogen-bond acceptors (Lipinski definition) is 7. The molecule has 0 atom stereocenters. The van der Waals surface area contributed by atoms with Crippen LogP contribution in [0.2, 0.25) is 0 Å². The van der Waals surface area contributed by atoms with Gasteiger partial charge in [0, 0.05) is 57.7 Å². The van der Waals surface area contributed by atoms with E-state index in [0.29, 0.717) is 11.4 Å². The Bertz CT molecular complexity index is 1350. The molecule has 11 nitrogen and oxygen atoms in total. The maximum Gasteiger partial charge on any atom is 0.245 e. The Labute approximate surface area is 210 Å². The number of hydrogen-bond donors (Lipinski definition) is 2. The van der Waals surface area contributed by atoms with Crippen LogP contribution in [0.5, 0.6) is 0 Å². The molecule has 0 aromatic heterocycles. The van der Waals surface area contributed by atoms with E-state index in [9.17, 15) is 26.4 Å². The van der Waals surface area contributed by atoms with E-state index in [0.717, 1.165) is 0 Å². The molecule has 0 radical (unpaired) electrons. The van der Waals surface area contributed by atoms with Crippen LogP contribution in [0, 0.1) is 0 Å². The molecule has 2 amide bonds. The highest BCUT2D eigenvalue weighted by atomic mass is 32.2. The predicted octanol–water partition coefficient (Wildman–Crippen LogP) is 1.81. The van der Waals surface area contributed by atoms with Crippen molar-refractivity contribution in [2.45, 2.75) is 42.2 Å². The van der Waals surface area contributed by atoms with Gasteiger partial charge in [-0.1, -0.05) is 0 Å². The van der Waals surface area contributed by atoms with Crippen molar-refractivity contribution in [2.75, 3.05) is 36.9 Å². The highest BCUT2D eigenvalue weighted by molar-refractivity contribution is 7.89. The molecular formula is C23H28N4O7S2. The van der Waals surface area contributed by atoms with Gasteiger partial charge in [0.2, 0.25) is 31.9 Å². The molecule has 4 rings (SSSR count). The second-order valence-electron chi connectivity index (χ2n) is 8.69. The van der Waals surface area contributed by atoms with Crippen molar-refractivity contribution in [3.05, 3.63) is 48.5 Å². The Morgan fingerprint density at radius 1 is 0.750 bits per heavy atom. The summed E-state index contributed by atoms with van der Waals surface area (Å²) in [6.07, 6.45) is 0.360. The zero-order chi connectivity index (χ0) is 26.1. The lowest BCUT2D eigenvalue weighted by molar-refractivity contribution is -0.115. The van der Waals surface area contributed by atoms with Crippen LogP contribution >= 0.6 is 0 Å². The number of sulfonamides is 2. The van der Waals surface area contributed by atoms with Gasteiger partial charge in [0.25, 0.3) is 0 Å². The van der Waals surface area contributed by atoms with Gasteiger partial charge in [-0.3, -0.25) is 9.59 Å². The van der Waals surface area contributed by atoms with Crippen molar-refractivity contribution < 1.29 is 31.2 Å². The van der Waals surface area contributed by atoms with E-state index in [1.165, 1.54) is 71.0 Å². The van der Waals surface area contributed by atoms with Crippen molar-refractivity contribution in [3.63, 3.8) is 0 Å². The lowest BCUT2D eigenvalue weighted by Crippen LogP contribution is -2.55. The highest BCUT2D eigenvalue weighted by Gasteiger charge is 2.51. The zero-order valence-electron chi connectivity index (χ0n) is 19.9. The third kappa shape index (κ3) is 5.15. The summed E-state index contributed by atoms with van der Waals surface area (Å²) in [5, 5.41) is 5.20. The summed E-state index contributed by atoms with van der Waals surface area (Å²) in [5.74, 6) is -0.519. The van der Waals surface area contributed by atoms with Gasteiger partial charge in [0.05, 0.1) is 16.4 Å². The SMILES string of the molecule is CC(=O)Nc1ccc(S(=O)(=O)N2CCC3(CC2)OCCN3S(=O)(=O)c2ccc(NC(C)=O)cc2)cc1. The Morgan fingerprint density at radius 3 is 1.64 bits per heavy atom. The molecule has 2 aromatic carbocycles. The molecule has 0 saturated carbocycles. The number of carbonyl (C=O) groups excluding carboxylic acids is 2. The summed E-state index contributed by atoms with van der Waals surface area (Å²) in [5.41, 5.74) is -0.155. The number of anilines is 2. The van der Waals surface area contributed by atoms with Crippen molar-refractivity contribution in [1.82, 2.24) is 8.61 Å². The van der Waals surface area contributed by atoms with Crippen LogP contribution in [0.1, 0.15) is 26.7 Å². The molecule has 0 bridgehead atoms. The zero-order valence-corrected chi connectivity index (χ0v) is 21.6. The highest BCUT2D eigenvalue weighted by Crippen LogP contribution is 2.39. The number of carbonyl (C=O) groups is 2. The summed E-state index contributed by atoms with van der Waals surface area (Å²) >= 11 is 0. The quantitative estimate of drug-likeness (QED) is 0.573. The molecule has 0 unspecified atom stereocenters. The first-order chi connectivity index (χ1) is 16.9. The van der Waals surface area contributed by atoms with Crippen molar-refractivity contribution in [3.8, 4) is 0 Å². The maximum absolute atomic E-state index is 13.4. The van der Waals surface area contributed by atoms with Gasteiger partial charge in [-0.2, -0.15) is 8.61 Å². The molecule has 2 fully saturated rings. The molecule has 194 valence electrons. The lowest BCUT2D eigenvalue weighted by Gasteiger charge is -2.42.